The van der Waals surface area contributed by atoms with E-state index in [2.05, 4.69) is 36.5 Å². The standard InChI is InChI=1S/C25H27Cl2NO2/c1-18(12-13-19-8-4-3-5-9-19)28-16-20-14-23(27)25(24(15-20)29-2)30-17-21-10-6-7-11-22(21)26/h3-11,14-15,18,28H,12-13,16-17H2,1-2H3/t18-/m1/s1. The van der Waals surface area contributed by atoms with E-state index in [0.29, 0.717) is 40.7 Å². The van der Waals surface area contributed by atoms with E-state index in [1.165, 1.54) is 5.56 Å². The lowest BCUT2D eigenvalue weighted by Gasteiger charge is -2.17. The summed E-state index contributed by atoms with van der Waals surface area (Å²) in [4.78, 5) is 0. The van der Waals surface area contributed by atoms with E-state index in [4.69, 9.17) is 32.7 Å². The third-order valence-electron chi connectivity index (χ3n) is 4.98. The molecule has 0 aliphatic rings. The monoisotopic (exact) mass is 443 g/mol. The fraction of sp³-hybridized carbons (Fsp3) is 0.280. The van der Waals surface area contributed by atoms with E-state index in [1.54, 1.807) is 7.11 Å². The van der Waals surface area contributed by atoms with Gasteiger partial charge < -0.3 is 14.8 Å². The summed E-state index contributed by atoms with van der Waals surface area (Å²) in [6.07, 6.45) is 2.11. The van der Waals surface area contributed by atoms with Crippen molar-refractivity contribution in [2.24, 2.45) is 0 Å². The van der Waals surface area contributed by atoms with Crippen molar-refractivity contribution < 1.29 is 9.47 Å². The third kappa shape index (κ3) is 6.40. The zero-order valence-electron chi connectivity index (χ0n) is 17.3. The van der Waals surface area contributed by atoms with Gasteiger partial charge in [0.2, 0.25) is 0 Å². The van der Waals surface area contributed by atoms with Crippen molar-refractivity contribution >= 4 is 23.2 Å². The number of nitrogens with one attached hydrogen (secondary N) is 1. The first-order chi connectivity index (χ1) is 14.6. The molecule has 3 aromatic carbocycles. The molecule has 1 N–H and O–H groups in total. The molecule has 0 unspecified atom stereocenters. The molecule has 3 aromatic rings. The molecule has 0 bridgehead atoms. The van der Waals surface area contributed by atoms with Gasteiger partial charge in [0.25, 0.3) is 0 Å². The highest BCUT2D eigenvalue weighted by molar-refractivity contribution is 6.32. The Labute approximate surface area is 188 Å². The Morgan fingerprint density at radius 3 is 2.37 bits per heavy atom. The van der Waals surface area contributed by atoms with Crippen molar-refractivity contribution in [3.63, 3.8) is 0 Å². The largest absolute Gasteiger partial charge is 0.493 e. The van der Waals surface area contributed by atoms with Crippen LogP contribution in [-0.2, 0) is 19.6 Å². The minimum Gasteiger partial charge on any atom is -0.493 e. The first kappa shape index (κ1) is 22.5. The lowest BCUT2D eigenvalue weighted by molar-refractivity contribution is 0.284. The predicted molar refractivity (Wildman–Crippen MR) is 125 cm³/mol. The number of rotatable bonds is 10. The van der Waals surface area contributed by atoms with Crippen LogP contribution in [0.4, 0.5) is 0 Å². The molecule has 0 saturated heterocycles. The van der Waals surface area contributed by atoms with E-state index >= 15 is 0 Å². The summed E-state index contributed by atoms with van der Waals surface area (Å²) in [7, 11) is 1.62. The molecule has 0 radical (unpaired) electrons. The maximum atomic E-state index is 6.51. The molecule has 0 fully saturated rings. The Balaban J connectivity index is 1.58. The van der Waals surface area contributed by atoms with Crippen LogP contribution in [0, 0.1) is 0 Å². The van der Waals surface area contributed by atoms with Gasteiger partial charge in [-0.05, 0) is 49.1 Å². The van der Waals surface area contributed by atoms with E-state index in [-0.39, 0.29) is 0 Å². The highest BCUT2D eigenvalue weighted by Crippen LogP contribution is 2.37. The summed E-state index contributed by atoms with van der Waals surface area (Å²) in [5, 5.41) is 4.75. The van der Waals surface area contributed by atoms with Gasteiger partial charge in [0.15, 0.2) is 11.5 Å². The van der Waals surface area contributed by atoms with Crippen LogP contribution in [0.2, 0.25) is 10.0 Å². The molecule has 0 aromatic heterocycles. The number of aryl methyl sites for hydroxylation is 1. The maximum absolute atomic E-state index is 6.51. The fourth-order valence-electron chi connectivity index (χ4n) is 3.20. The topological polar surface area (TPSA) is 30.5 Å². The van der Waals surface area contributed by atoms with Crippen molar-refractivity contribution in [2.75, 3.05) is 7.11 Å². The van der Waals surface area contributed by atoms with Crippen molar-refractivity contribution in [3.05, 3.63) is 93.5 Å². The number of ether oxygens (including phenoxy) is 2. The van der Waals surface area contributed by atoms with Gasteiger partial charge in [0.05, 0.1) is 12.1 Å². The fourth-order valence-corrected chi connectivity index (χ4v) is 3.68. The molecule has 0 heterocycles. The van der Waals surface area contributed by atoms with Crippen LogP contribution in [0.25, 0.3) is 0 Å². The van der Waals surface area contributed by atoms with Crippen LogP contribution in [0.5, 0.6) is 11.5 Å². The zero-order valence-corrected chi connectivity index (χ0v) is 18.8. The SMILES string of the molecule is COc1cc(CN[C@H](C)CCc2ccccc2)cc(Cl)c1OCc1ccccc1Cl. The van der Waals surface area contributed by atoms with Gasteiger partial charge in [-0.3, -0.25) is 0 Å². The van der Waals surface area contributed by atoms with E-state index in [0.717, 1.165) is 24.0 Å². The number of methoxy groups -OCH3 is 1. The van der Waals surface area contributed by atoms with Gasteiger partial charge in [-0.15, -0.1) is 0 Å². The number of benzene rings is 3. The van der Waals surface area contributed by atoms with Gasteiger partial charge in [0, 0.05) is 23.2 Å². The van der Waals surface area contributed by atoms with E-state index in [9.17, 15) is 0 Å². The summed E-state index contributed by atoms with van der Waals surface area (Å²) in [5.41, 5.74) is 3.31. The normalized spacial score (nSPS) is 11.9. The Morgan fingerprint density at radius 1 is 0.900 bits per heavy atom. The second-order valence-corrected chi connectivity index (χ2v) is 8.11. The highest BCUT2D eigenvalue weighted by Gasteiger charge is 2.14. The minimum absolute atomic E-state index is 0.323. The highest BCUT2D eigenvalue weighted by atomic mass is 35.5. The number of hydrogen-bond acceptors (Lipinski definition) is 3. The van der Waals surface area contributed by atoms with Gasteiger partial charge in [-0.25, -0.2) is 0 Å². The average Bonchev–Trinajstić information content (AvgIpc) is 2.77. The molecule has 5 heteroatoms. The summed E-state index contributed by atoms with van der Waals surface area (Å²) in [5.74, 6) is 1.14. The van der Waals surface area contributed by atoms with Crippen molar-refractivity contribution in [2.45, 2.75) is 39.0 Å². The van der Waals surface area contributed by atoms with E-state index < -0.39 is 0 Å². The molecule has 158 valence electrons. The van der Waals surface area contributed by atoms with Gasteiger partial charge >= 0.3 is 0 Å². The number of halogens is 2. The molecule has 0 spiro atoms. The van der Waals surface area contributed by atoms with Crippen LogP contribution in [0.15, 0.2) is 66.7 Å². The summed E-state index contributed by atoms with van der Waals surface area (Å²) >= 11 is 12.7. The Hall–Kier alpha value is -2.20. The van der Waals surface area contributed by atoms with E-state index in [1.807, 2.05) is 42.5 Å². The molecule has 30 heavy (non-hydrogen) atoms. The Bertz CT molecular complexity index is 947. The summed E-state index contributed by atoms with van der Waals surface area (Å²) < 4.78 is 11.5. The minimum atomic E-state index is 0.323. The third-order valence-corrected chi connectivity index (χ3v) is 5.63. The maximum Gasteiger partial charge on any atom is 0.180 e. The van der Waals surface area contributed by atoms with Gasteiger partial charge in [0.1, 0.15) is 6.61 Å². The molecule has 1 atom stereocenters. The molecule has 0 aliphatic carbocycles. The summed E-state index contributed by atoms with van der Waals surface area (Å²) in [6.45, 7) is 3.23. The molecule has 3 rings (SSSR count). The van der Waals surface area contributed by atoms with Crippen molar-refractivity contribution in [1.82, 2.24) is 5.32 Å². The van der Waals surface area contributed by atoms with Crippen LogP contribution < -0.4 is 14.8 Å². The summed E-state index contributed by atoms with van der Waals surface area (Å²) in [6, 6.07) is 22.4. The quantitative estimate of drug-likeness (QED) is 0.378. The molecule has 3 nitrogen and oxygen atoms in total. The second-order valence-electron chi connectivity index (χ2n) is 7.30. The predicted octanol–water partition coefficient (Wildman–Crippen LogP) is 6.69. The average molecular weight is 444 g/mol. The van der Waals surface area contributed by atoms with Crippen molar-refractivity contribution in [3.8, 4) is 11.5 Å². The van der Waals surface area contributed by atoms with Crippen LogP contribution in [0.1, 0.15) is 30.0 Å². The van der Waals surface area contributed by atoms with Gasteiger partial charge in [-0.1, -0.05) is 71.7 Å². The molecular formula is C25H27Cl2NO2. The Morgan fingerprint density at radius 2 is 1.63 bits per heavy atom. The van der Waals surface area contributed by atoms with Gasteiger partial charge in [-0.2, -0.15) is 0 Å². The van der Waals surface area contributed by atoms with Crippen molar-refractivity contribution in [1.29, 1.82) is 0 Å². The van der Waals surface area contributed by atoms with Crippen LogP contribution in [0.3, 0.4) is 0 Å². The van der Waals surface area contributed by atoms with Crippen LogP contribution >= 0.6 is 23.2 Å². The first-order valence-electron chi connectivity index (χ1n) is 10.1. The lowest BCUT2D eigenvalue weighted by atomic mass is 10.1. The smallest absolute Gasteiger partial charge is 0.180 e. The molecule has 0 amide bonds. The van der Waals surface area contributed by atoms with Crippen LogP contribution in [-0.4, -0.2) is 13.2 Å². The number of hydrogen-bond donors (Lipinski definition) is 1. The lowest BCUT2D eigenvalue weighted by Crippen LogP contribution is -2.26. The second kappa shape index (κ2) is 11.3. The zero-order chi connectivity index (χ0) is 21.3. The first-order valence-corrected chi connectivity index (χ1v) is 10.8. The molecular weight excluding hydrogens is 417 g/mol. The Kier molecular flexibility index (Phi) is 8.44. The molecule has 0 saturated carbocycles. The molecule has 0 aliphatic heterocycles.